The molecule has 0 radical (unpaired) electrons. The topological polar surface area (TPSA) is 73.6 Å². The molecule has 0 fully saturated rings. The number of rotatable bonds is 4. The van der Waals surface area contributed by atoms with Gasteiger partial charge in [-0.25, -0.2) is 9.18 Å². The summed E-state index contributed by atoms with van der Waals surface area (Å²) in [6, 6.07) is 3.96. The van der Waals surface area contributed by atoms with Crippen molar-refractivity contribution in [1.29, 1.82) is 0 Å². The molecule has 0 spiro atoms. The Morgan fingerprint density at radius 3 is 2.60 bits per heavy atom. The molecule has 0 saturated heterocycles. The van der Waals surface area contributed by atoms with Gasteiger partial charge in [-0.1, -0.05) is 0 Å². The van der Waals surface area contributed by atoms with Crippen LogP contribution in [0.1, 0.15) is 27.7 Å². The average molecular weight is 284 g/mol. The number of hydrogen-bond acceptors (Lipinski definition) is 4. The van der Waals surface area contributed by atoms with Gasteiger partial charge in [0.25, 0.3) is 0 Å². The number of anilines is 1. The minimum Gasteiger partial charge on any atom is -0.489 e. The Morgan fingerprint density at radius 2 is 2.05 bits per heavy atom. The van der Waals surface area contributed by atoms with Gasteiger partial charge in [-0.3, -0.25) is 0 Å². The molecule has 1 rings (SSSR count). The largest absolute Gasteiger partial charge is 0.489 e. The quantitative estimate of drug-likeness (QED) is 0.834. The summed E-state index contributed by atoms with van der Waals surface area (Å²) in [5.74, 6) is -0.145. The molecule has 1 amide bonds. The molecular weight excluding hydrogens is 263 g/mol. The van der Waals surface area contributed by atoms with Gasteiger partial charge in [0.1, 0.15) is 23.3 Å². The van der Waals surface area contributed by atoms with Crippen molar-refractivity contribution in [3.8, 4) is 5.75 Å². The van der Waals surface area contributed by atoms with Gasteiger partial charge in [0.15, 0.2) is 0 Å². The first-order valence-corrected chi connectivity index (χ1v) is 6.35. The predicted molar refractivity (Wildman–Crippen MR) is 75.1 cm³/mol. The predicted octanol–water partition coefficient (Wildman–Crippen LogP) is 2.70. The Morgan fingerprint density at radius 1 is 1.40 bits per heavy atom. The fourth-order valence-corrected chi connectivity index (χ4v) is 1.47. The van der Waals surface area contributed by atoms with E-state index in [0.29, 0.717) is 5.75 Å². The van der Waals surface area contributed by atoms with E-state index < -0.39 is 17.5 Å². The van der Waals surface area contributed by atoms with Gasteiger partial charge in [-0.15, -0.1) is 0 Å². The fraction of sp³-hybridized carbons (Fsp3) is 0.500. The normalized spacial score (nSPS) is 12.7. The van der Waals surface area contributed by atoms with Crippen LogP contribution in [0, 0.1) is 5.82 Å². The Hall–Kier alpha value is -1.98. The molecule has 112 valence electrons. The number of carbonyl (C=O) groups is 1. The van der Waals surface area contributed by atoms with Crippen molar-refractivity contribution in [3.63, 3.8) is 0 Å². The molecule has 0 saturated carbocycles. The SMILES string of the molecule is C[C@@H](CNC(=O)OC(C)(C)C)Oc1cc(N)cc(F)c1. The van der Waals surface area contributed by atoms with Crippen LogP contribution >= 0.6 is 0 Å². The number of nitrogens with two attached hydrogens (primary N) is 1. The number of ether oxygens (including phenoxy) is 2. The fourth-order valence-electron chi connectivity index (χ4n) is 1.47. The molecule has 0 aliphatic carbocycles. The van der Waals surface area contributed by atoms with E-state index in [9.17, 15) is 9.18 Å². The second-order valence-corrected chi connectivity index (χ2v) is 5.53. The molecule has 1 aromatic carbocycles. The molecule has 0 heterocycles. The summed E-state index contributed by atoms with van der Waals surface area (Å²) in [6.07, 6.45) is -0.865. The number of alkyl carbamates (subject to hydrolysis) is 1. The zero-order valence-corrected chi connectivity index (χ0v) is 12.2. The molecule has 0 aliphatic heterocycles. The smallest absolute Gasteiger partial charge is 0.407 e. The highest BCUT2D eigenvalue weighted by atomic mass is 19.1. The lowest BCUT2D eigenvalue weighted by Crippen LogP contribution is -2.37. The van der Waals surface area contributed by atoms with E-state index in [1.165, 1.54) is 18.2 Å². The lowest BCUT2D eigenvalue weighted by molar-refractivity contribution is 0.0505. The van der Waals surface area contributed by atoms with Gasteiger partial charge in [0.05, 0.1) is 6.54 Å². The summed E-state index contributed by atoms with van der Waals surface area (Å²) in [5.41, 5.74) is 5.25. The van der Waals surface area contributed by atoms with Crippen LogP contribution in [0.2, 0.25) is 0 Å². The summed E-state index contributed by atoms with van der Waals surface area (Å²) >= 11 is 0. The highest BCUT2D eigenvalue weighted by Gasteiger charge is 2.16. The Bertz CT molecular complexity index is 452. The molecule has 20 heavy (non-hydrogen) atoms. The van der Waals surface area contributed by atoms with E-state index in [1.54, 1.807) is 27.7 Å². The van der Waals surface area contributed by atoms with Crippen LogP contribution < -0.4 is 15.8 Å². The van der Waals surface area contributed by atoms with Crippen LogP contribution in [0.25, 0.3) is 0 Å². The minimum atomic E-state index is -0.550. The standard InChI is InChI=1S/C14H21FN2O3/c1-9(8-17-13(18)20-14(2,3)4)19-12-6-10(15)5-11(16)7-12/h5-7,9H,8,16H2,1-4H3,(H,17,18)/t9-/m0/s1. The van der Waals surface area contributed by atoms with E-state index in [0.717, 1.165) is 0 Å². The van der Waals surface area contributed by atoms with E-state index >= 15 is 0 Å². The number of hydrogen-bond donors (Lipinski definition) is 2. The van der Waals surface area contributed by atoms with Gasteiger partial charge in [-0.05, 0) is 33.8 Å². The maximum atomic E-state index is 13.1. The molecule has 5 nitrogen and oxygen atoms in total. The summed E-state index contributed by atoms with van der Waals surface area (Å²) < 4.78 is 23.7. The molecule has 1 aromatic rings. The third kappa shape index (κ3) is 6.26. The van der Waals surface area contributed by atoms with Gasteiger partial charge in [0, 0.05) is 17.8 Å². The van der Waals surface area contributed by atoms with Gasteiger partial charge in [0.2, 0.25) is 0 Å². The van der Waals surface area contributed by atoms with Crippen molar-refractivity contribution in [3.05, 3.63) is 24.0 Å². The first-order chi connectivity index (χ1) is 9.15. The van der Waals surface area contributed by atoms with Gasteiger partial charge < -0.3 is 20.5 Å². The molecule has 3 N–H and O–H groups in total. The molecule has 0 unspecified atom stereocenters. The maximum absolute atomic E-state index is 13.1. The monoisotopic (exact) mass is 284 g/mol. The summed E-state index contributed by atoms with van der Waals surface area (Å²) in [7, 11) is 0. The van der Waals surface area contributed by atoms with Crippen LogP contribution in [0.5, 0.6) is 5.75 Å². The second kappa shape index (κ2) is 6.45. The molecular formula is C14H21FN2O3. The number of benzene rings is 1. The second-order valence-electron chi connectivity index (χ2n) is 5.53. The van der Waals surface area contributed by atoms with Crippen molar-refractivity contribution >= 4 is 11.8 Å². The van der Waals surface area contributed by atoms with Crippen LogP contribution in [0.15, 0.2) is 18.2 Å². The first-order valence-electron chi connectivity index (χ1n) is 6.35. The van der Waals surface area contributed by atoms with Crippen molar-refractivity contribution in [2.75, 3.05) is 12.3 Å². The maximum Gasteiger partial charge on any atom is 0.407 e. The van der Waals surface area contributed by atoms with Crippen LogP contribution in [0.3, 0.4) is 0 Å². The molecule has 1 atom stereocenters. The molecule has 6 heteroatoms. The highest BCUT2D eigenvalue weighted by molar-refractivity contribution is 5.67. The lowest BCUT2D eigenvalue weighted by Gasteiger charge is -2.21. The minimum absolute atomic E-state index is 0.241. The zero-order chi connectivity index (χ0) is 15.3. The Labute approximate surface area is 118 Å². The van der Waals surface area contributed by atoms with E-state index in [4.69, 9.17) is 15.2 Å². The van der Waals surface area contributed by atoms with E-state index in [2.05, 4.69) is 5.32 Å². The van der Waals surface area contributed by atoms with Gasteiger partial charge >= 0.3 is 6.09 Å². The third-order valence-corrected chi connectivity index (χ3v) is 2.16. The van der Waals surface area contributed by atoms with Crippen molar-refractivity contribution < 1.29 is 18.7 Å². The third-order valence-electron chi connectivity index (χ3n) is 2.16. The number of carbonyl (C=O) groups excluding carboxylic acids is 1. The highest BCUT2D eigenvalue weighted by Crippen LogP contribution is 2.18. The summed E-state index contributed by atoms with van der Waals surface area (Å²) in [5, 5.41) is 2.58. The summed E-state index contributed by atoms with van der Waals surface area (Å²) in [4.78, 5) is 11.5. The van der Waals surface area contributed by atoms with Gasteiger partial charge in [-0.2, -0.15) is 0 Å². The molecule has 0 aliphatic rings. The zero-order valence-electron chi connectivity index (χ0n) is 12.2. The van der Waals surface area contributed by atoms with Crippen LogP contribution in [0.4, 0.5) is 14.9 Å². The average Bonchev–Trinajstić information content (AvgIpc) is 2.22. The Balaban J connectivity index is 2.44. The van der Waals surface area contributed by atoms with Crippen LogP contribution in [-0.4, -0.2) is 24.3 Å². The van der Waals surface area contributed by atoms with Crippen molar-refractivity contribution in [2.24, 2.45) is 0 Å². The summed E-state index contributed by atoms with van der Waals surface area (Å²) in [6.45, 7) is 7.33. The Kier molecular flexibility index (Phi) is 5.19. The molecule has 0 bridgehead atoms. The number of halogens is 1. The van der Waals surface area contributed by atoms with E-state index in [-0.39, 0.29) is 18.3 Å². The van der Waals surface area contributed by atoms with Crippen LogP contribution in [-0.2, 0) is 4.74 Å². The number of nitrogens with one attached hydrogen (secondary N) is 1. The van der Waals surface area contributed by atoms with Crippen molar-refractivity contribution in [1.82, 2.24) is 5.32 Å². The van der Waals surface area contributed by atoms with E-state index in [1.807, 2.05) is 0 Å². The van der Waals surface area contributed by atoms with Crippen molar-refractivity contribution in [2.45, 2.75) is 39.4 Å². The molecule has 0 aromatic heterocycles. The lowest BCUT2D eigenvalue weighted by atomic mass is 10.2. The first kappa shape index (κ1) is 16.1. The number of nitrogen functional groups attached to an aromatic ring is 1. The number of amides is 1.